The van der Waals surface area contributed by atoms with E-state index >= 15 is 0 Å². The second-order valence-electron chi connectivity index (χ2n) is 3.56. The van der Waals surface area contributed by atoms with Crippen LogP contribution in [-0.2, 0) is 0 Å². The summed E-state index contributed by atoms with van der Waals surface area (Å²) in [6, 6.07) is 10.3. The third-order valence-electron chi connectivity index (χ3n) is 2.30. The van der Waals surface area contributed by atoms with E-state index in [1.807, 2.05) is 22.6 Å². The molecule has 1 N–H and O–H groups in total. The molecule has 0 aliphatic heterocycles. The van der Waals surface area contributed by atoms with Crippen molar-refractivity contribution in [1.29, 1.82) is 5.26 Å². The zero-order chi connectivity index (χ0) is 13.1. The molecule has 0 saturated heterocycles. The van der Waals surface area contributed by atoms with E-state index in [-0.39, 0.29) is 11.4 Å². The SMILES string of the molecule is N#Cc1ccc(Nc2ccc(F)cc2I)cc1F. The van der Waals surface area contributed by atoms with Gasteiger partial charge in [0.15, 0.2) is 0 Å². The van der Waals surface area contributed by atoms with Gasteiger partial charge in [0.05, 0.1) is 11.3 Å². The molecule has 0 amide bonds. The van der Waals surface area contributed by atoms with Gasteiger partial charge in [-0.15, -0.1) is 0 Å². The highest BCUT2D eigenvalue weighted by Gasteiger charge is 2.05. The Kier molecular flexibility index (Phi) is 3.77. The van der Waals surface area contributed by atoms with Gasteiger partial charge in [-0.2, -0.15) is 5.26 Å². The van der Waals surface area contributed by atoms with Crippen LogP contribution in [0.4, 0.5) is 20.2 Å². The van der Waals surface area contributed by atoms with Gasteiger partial charge in [-0.3, -0.25) is 0 Å². The van der Waals surface area contributed by atoms with Crippen molar-refractivity contribution in [2.24, 2.45) is 0 Å². The lowest BCUT2D eigenvalue weighted by Crippen LogP contribution is -1.95. The fourth-order valence-corrected chi connectivity index (χ4v) is 2.04. The molecule has 0 spiro atoms. The van der Waals surface area contributed by atoms with E-state index in [0.29, 0.717) is 14.9 Å². The number of halogens is 3. The van der Waals surface area contributed by atoms with Crippen LogP contribution in [0.15, 0.2) is 36.4 Å². The van der Waals surface area contributed by atoms with E-state index in [0.717, 1.165) is 0 Å². The lowest BCUT2D eigenvalue weighted by molar-refractivity contribution is 0.624. The van der Waals surface area contributed by atoms with Crippen LogP contribution in [-0.4, -0.2) is 0 Å². The second kappa shape index (κ2) is 5.31. The predicted molar refractivity (Wildman–Crippen MR) is 73.5 cm³/mol. The van der Waals surface area contributed by atoms with E-state index in [4.69, 9.17) is 5.26 Å². The number of nitrogens with one attached hydrogen (secondary N) is 1. The van der Waals surface area contributed by atoms with Gasteiger partial charge >= 0.3 is 0 Å². The van der Waals surface area contributed by atoms with Crippen molar-refractivity contribution in [3.05, 3.63) is 57.2 Å². The average molecular weight is 356 g/mol. The maximum Gasteiger partial charge on any atom is 0.143 e. The minimum Gasteiger partial charge on any atom is -0.355 e. The summed E-state index contributed by atoms with van der Waals surface area (Å²) in [5, 5.41) is 11.6. The first-order valence-electron chi connectivity index (χ1n) is 5.02. The van der Waals surface area contributed by atoms with Crippen molar-refractivity contribution < 1.29 is 8.78 Å². The minimum absolute atomic E-state index is 0.00523. The smallest absolute Gasteiger partial charge is 0.143 e. The third kappa shape index (κ3) is 2.76. The molecule has 0 heterocycles. The average Bonchev–Trinajstić information content (AvgIpc) is 2.33. The Morgan fingerprint density at radius 3 is 2.50 bits per heavy atom. The van der Waals surface area contributed by atoms with E-state index in [9.17, 15) is 8.78 Å². The number of nitrogens with zero attached hydrogens (tertiary/aromatic N) is 1. The Morgan fingerprint density at radius 1 is 1.11 bits per heavy atom. The zero-order valence-corrected chi connectivity index (χ0v) is 11.2. The fraction of sp³-hybridized carbons (Fsp3) is 0. The summed E-state index contributed by atoms with van der Waals surface area (Å²) in [4.78, 5) is 0. The van der Waals surface area contributed by atoms with Crippen LogP contribution >= 0.6 is 22.6 Å². The number of nitriles is 1. The van der Waals surface area contributed by atoms with Gasteiger partial charge in [-0.05, 0) is 59.0 Å². The first kappa shape index (κ1) is 12.8. The summed E-state index contributed by atoms with van der Waals surface area (Å²) in [5.74, 6) is -0.907. The number of hydrogen-bond acceptors (Lipinski definition) is 2. The van der Waals surface area contributed by atoms with Gasteiger partial charge in [-0.1, -0.05) is 0 Å². The maximum atomic E-state index is 13.4. The van der Waals surface area contributed by atoms with E-state index in [2.05, 4.69) is 5.32 Å². The van der Waals surface area contributed by atoms with Crippen LogP contribution < -0.4 is 5.32 Å². The number of rotatable bonds is 2. The first-order chi connectivity index (χ1) is 8.60. The highest BCUT2D eigenvalue weighted by atomic mass is 127. The lowest BCUT2D eigenvalue weighted by atomic mass is 10.2. The molecule has 90 valence electrons. The van der Waals surface area contributed by atoms with Gasteiger partial charge in [-0.25, -0.2) is 8.78 Å². The largest absolute Gasteiger partial charge is 0.355 e. The molecule has 0 aliphatic carbocycles. The summed E-state index contributed by atoms with van der Waals surface area (Å²) in [5.41, 5.74) is 1.19. The van der Waals surface area contributed by atoms with E-state index < -0.39 is 5.82 Å². The van der Waals surface area contributed by atoms with Crippen LogP contribution in [0.2, 0.25) is 0 Å². The number of hydrogen-bond donors (Lipinski definition) is 1. The first-order valence-corrected chi connectivity index (χ1v) is 6.10. The molecule has 0 saturated carbocycles. The van der Waals surface area contributed by atoms with Crippen molar-refractivity contribution >= 4 is 34.0 Å². The minimum atomic E-state index is -0.584. The van der Waals surface area contributed by atoms with Gasteiger partial charge in [0.25, 0.3) is 0 Å². The Bertz CT molecular complexity index is 635. The van der Waals surface area contributed by atoms with Crippen molar-refractivity contribution in [2.75, 3.05) is 5.32 Å². The van der Waals surface area contributed by atoms with Gasteiger partial charge in [0.1, 0.15) is 17.7 Å². The normalized spacial score (nSPS) is 9.89. The Balaban J connectivity index is 2.29. The molecular formula is C13H7F2IN2. The zero-order valence-electron chi connectivity index (χ0n) is 9.05. The standard InChI is InChI=1S/C13H7F2IN2/c14-9-2-4-13(12(16)5-9)18-10-3-1-8(7-17)11(15)6-10/h1-6,18H. The van der Waals surface area contributed by atoms with Crippen LogP contribution in [0.3, 0.4) is 0 Å². The summed E-state index contributed by atoms with van der Waals surface area (Å²) in [6.45, 7) is 0. The van der Waals surface area contributed by atoms with Crippen molar-refractivity contribution in [1.82, 2.24) is 0 Å². The Hall–Kier alpha value is -1.68. The monoisotopic (exact) mass is 356 g/mol. The molecule has 0 aliphatic rings. The molecule has 0 bridgehead atoms. The van der Waals surface area contributed by atoms with Crippen molar-refractivity contribution in [2.45, 2.75) is 0 Å². The molecular weight excluding hydrogens is 349 g/mol. The maximum absolute atomic E-state index is 13.4. The highest BCUT2D eigenvalue weighted by Crippen LogP contribution is 2.24. The number of anilines is 2. The summed E-state index contributed by atoms with van der Waals surface area (Å²) in [6.07, 6.45) is 0. The van der Waals surface area contributed by atoms with Crippen LogP contribution in [0.25, 0.3) is 0 Å². The van der Waals surface area contributed by atoms with Crippen molar-refractivity contribution in [3.63, 3.8) is 0 Å². The highest BCUT2D eigenvalue weighted by molar-refractivity contribution is 14.1. The fourth-order valence-electron chi connectivity index (χ4n) is 1.43. The molecule has 0 radical (unpaired) electrons. The molecule has 5 heteroatoms. The number of benzene rings is 2. The topological polar surface area (TPSA) is 35.8 Å². The third-order valence-corrected chi connectivity index (χ3v) is 3.19. The van der Waals surface area contributed by atoms with Crippen molar-refractivity contribution in [3.8, 4) is 6.07 Å². The summed E-state index contributed by atoms with van der Waals surface area (Å²) < 4.78 is 27.0. The second-order valence-corrected chi connectivity index (χ2v) is 4.72. The van der Waals surface area contributed by atoms with Crippen LogP contribution in [0.5, 0.6) is 0 Å². The van der Waals surface area contributed by atoms with E-state index in [1.165, 1.54) is 24.3 Å². The molecule has 0 aromatic heterocycles. The molecule has 0 atom stereocenters. The summed E-state index contributed by atoms with van der Waals surface area (Å²) in [7, 11) is 0. The molecule has 0 unspecified atom stereocenters. The van der Waals surface area contributed by atoms with Gasteiger partial charge < -0.3 is 5.32 Å². The van der Waals surface area contributed by atoms with E-state index in [1.54, 1.807) is 18.2 Å². The molecule has 2 rings (SSSR count). The Morgan fingerprint density at radius 2 is 1.89 bits per heavy atom. The van der Waals surface area contributed by atoms with Crippen LogP contribution in [0, 0.1) is 26.5 Å². The Labute approximate surface area is 116 Å². The molecule has 18 heavy (non-hydrogen) atoms. The van der Waals surface area contributed by atoms with Gasteiger partial charge in [0, 0.05) is 9.26 Å². The van der Waals surface area contributed by atoms with Gasteiger partial charge in [0.2, 0.25) is 0 Å². The quantitative estimate of drug-likeness (QED) is 0.820. The molecule has 2 nitrogen and oxygen atoms in total. The lowest BCUT2D eigenvalue weighted by Gasteiger charge is -2.09. The van der Waals surface area contributed by atoms with Crippen LogP contribution in [0.1, 0.15) is 5.56 Å². The molecule has 2 aromatic rings. The molecule has 2 aromatic carbocycles. The predicted octanol–water partition coefficient (Wildman–Crippen LogP) is 4.18. The molecule has 0 fully saturated rings. The summed E-state index contributed by atoms with van der Waals surface area (Å²) >= 11 is 1.99.